The molecule has 0 radical (unpaired) electrons. The Morgan fingerprint density at radius 1 is 1.19 bits per heavy atom. The number of fused-ring (bicyclic) bond motifs is 2. The molecule has 0 bridgehead atoms. The van der Waals surface area contributed by atoms with Crippen molar-refractivity contribution in [3.8, 4) is 16.9 Å². The lowest BCUT2D eigenvalue weighted by molar-refractivity contribution is 0.0600. The van der Waals surface area contributed by atoms with Gasteiger partial charge in [0.15, 0.2) is 0 Å². The monoisotopic (exact) mass is 429 g/mol. The number of carbonyl (C=O) groups is 2. The maximum absolute atomic E-state index is 13.1. The van der Waals surface area contributed by atoms with E-state index in [1.165, 1.54) is 7.11 Å². The molecule has 2 aromatic rings. The van der Waals surface area contributed by atoms with Gasteiger partial charge in [-0.1, -0.05) is 6.07 Å². The molecule has 1 aromatic carbocycles. The molecular formula is C23H19N5O4. The van der Waals surface area contributed by atoms with E-state index in [2.05, 4.69) is 15.2 Å². The van der Waals surface area contributed by atoms with Crippen molar-refractivity contribution in [2.45, 2.75) is 12.8 Å². The highest BCUT2D eigenvalue weighted by molar-refractivity contribution is 6.06. The summed E-state index contributed by atoms with van der Waals surface area (Å²) >= 11 is 0. The summed E-state index contributed by atoms with van der Waals surface area (Å²) in [5, 5.41) is 6.33. The SMILES string of the molecule is COC(=O)c1cn(-c2ccc3c(c2)N(C(=O)c2cccnc2)CCC3)cc2c(=O)[nH]nc1-2. The van der Waals surface area contributed by atoms with Gasteiger partial charge in [0.05, 0.1) is 18.2 Å². The fraction of sp³-hybridized carbons (Fsp3) is 0.174. The second-order valence-corrected chi connectivity index (χ2v) is 7.50. The van der Waals surface area contributed by atoms with Crippen LogP contribution in [0.25, 0.3) is 16.9 Å². The van der Waals surface area contributed by atoms with Crippen LogP contribution in [0.1, 0.15) is 32.7 Å². The summed E-state index contributed by atoms with van der Waals surface area (Å²) in [6.45, 7) is 0.591. The third-order valence-electron chi connectivity index (χ3n) is 5.61. The van der Waals surface area contributed by atoms with Crippen molar-refractivity contribution >= 4 is 17.6 Å². The van der Waals surface area contributed by atoms with Crippen LogP contribution >= 0.6 is 0 Å². The number of nitrogens with zero attached hydrogens (tertiary/aromatic N) is 4. The molecule has 9 nitrogen and oxygen atoms in total. The predicted octanol–water partition coefficient (Wildman–Crippen LogP) is 2.44. The molecule has 32 heavy (non-hydrogen) atoms. The molecule has 4 heterocycles. The summed E-state index contributed by atoms with van der Waals surface area (Å²) in [5.41, 5.74) is 3.36. The third-order valence-corrected chi connectivity index (χ3v) is 5.61. The van der Waals surface area contributed by atoms with Crippen molar-refractivity contribution in [2.24, 2.45) is 0 Å². The number of methoxy groups -OCH3 is 1. The molecule has 0 fully saturated rings. The van der Waals surface area contributed by atoms with E-state index in [4.69, 9.17) is 4.74 Å². The first-order chi connectivity index (χ1) is 15.6. The Bertz CT molecular complexity index is 1360. The number of hydrogen-bond donors (Lipinski definition) is 1. The zero-order valence-electron chi connectivity index (χ0n) is 17.2. The number of amides is 1. The highest BCUT2D eigenvalue weighted by Crippen LogP contribution is 2.32. The number of aryl methyl sites for hydroxylation is 1. The van der Waals surface area contributed by atoms with Gasteiger partial charge < -0.3 is 14.2 Å². The molecule has 0 atom stereocenters. The maximum atomic E-state index is 13.1. The summed E-state index contributed by atoms with van der Waals surface area (Å²) in [7, 11) is 1.27. The van der Waals surface area contributed by atoms with Gasteiger partial charge in [-0.05, 0) is 42.7 Å². The molecule has 0 aliphatic carbocycles. The largest absolute Gasteiger partial charge is 0.465 e. The number of benzene rings is 1. The Hall–Kier alpha value is -4.27. The highest BCUT2D eigenvalue weighted by Gasteiger charge is 2.26. The predicted molar refractivity (Wildman–Crippen MR) is 116 cm³/mol. The van der Waals surface area contributed by atoms with E-state index in [9.17, 15) is 14.4 Å². The summed E-state index contributed by atoms with van der Waals surface area (Å²) in [4.78, 5) is 43.5. The van der Waals surface area contributed by atoms with Gasteiger partial charge in [-0.25, -0.2) is 9.89 Å². The van der Waals surface area contributed by atoms with Crippen LogP contribution in [0.2, 0.25) is 0 Å². The number of esters is 1. The minimum Gasteiger partial charge on any atom is -0.465 e. The summed E-state index contributed by atoms with van der Waals surface area (Å²) in [5.74, 6) is -0.717. The van der Waals surface area contributed by atoms with Crippen molar-refractivity contribution in [2.75, 3.05) is 18.6 Å². The molecule has 3 aliphatic rings. The third kappa shape index (κ3) is 3.24. The Morgan fingerprint density at radius 3 is 2.84 bits per heavy atom. The van der Waals surface area contributed by atoms with Crippen LogP contribution in [0.5, 0.6) is 0 Å². The lowest BCUT2D eigenvalue weighted by atomic mass is 10.00. The normalized spacial score (nSPS) is 13.1. The van der Waals surface area contributed by atoms with Crippen LogP contribution in [0.3, 0.4) is 0 Å². The summed E-state index contributed by atoms with van der Waals surface area (Å²) in [6, 6.07) is 9.23. The second kappa shape index (κ2) is 7.77. The zero-order chi connectivity index (χ0) is 22.2. The van der Waals surface area contributed by atoms with E-state index in [0.29, 0.717) is 17.8 Å². The molecule has 0 saturated carbocycles. The van der Waals surface area contributed by atoms with Crippen LogP contribution in [-0.2, 0) is 11.2 Å². The molecular weight excluding hydrogens is 410 g/mol. The summed E-state index contributed by atoms with van der Waals surface area (Å²) in [6.07, 6.45) is 8.09. The number of rotatable bonds is 3. The quantitative estimate of drug-likeness (QED) is 0.501. The van der Waals surface area contributed by atoms with Crippen LogP contribution < -0.4 is 10.5 Å². The molecule has 0 unspecified atom stereocenters. The minimum atomic E-state index is -0.595. The molecule has 1 aromatic heterocycles. The Balaban J connectivity index is 1.63. The first kappa shape index (κ1) is 19.7. The summed E-state index contributed by atoms with van der Waals surface area (Å²) < 4.78 is 6.54. The van der Waals surface area contributed by atoms with Crippen molar-refractivity contribution in [1.82, 2.24) is 19.7 Å². The molecule has 9 heteroatoms. The van der Waals surface area contributed by atoms with E-state index >= 15 is 0 Å². The number of hydrogen-bond acceptors (Lipinski definition) is 6. The van der Waals surface area contributed by atoms with E-state index in [-0.39, 0.29) is 22.7 Å². The maximum Gasteiger partial charge on any atom is 0.341 e. The number of anilines is 1. The molecule has 0 spiro atoms. The number of H-pyrrole nitrogens is 1. The number of aromatic nitrogens is 4. The van der Waals surface area contributed by atoms with E-state index in [1.807, 2.05) is 18.2 Å². The fourth-order valence-corrected chi connectivity index (χ4v) is 4.02. The van der Waals surface area contributed by atoms with Gasteiger partial charge >= 0.3 is 5.97 Å². The van der Waals surface area contributed by atoms with Gasteiger partial charge in [0, 0.05) is 42.7 Å². The molecule has 1 amide bonds. The lowest BCUT2D eigenvalue weighted by Gasteiger charge is -2.30. The highest BCUT2D eigenvalue weighted by atomic mass is 16.5. The zero-order valence-corrected chi connectivity index (χ0v) is 17.2. The van der Waals surface area contributed by atoms with Crippen molar-refractivity contribution < 1.29 is 14.3 Å². The second-order valence-electron chi connectivity index (χ2n) is 7.50. The number of carbonyl (C=O) groups excluding carboxylic acids is 2. The number of ether oxygens (including phenoxy) is 1. The molecule has 160 valence electrons. The number of pyridine rings is 2. The molecule has 0 saturated heterocycles. The average Bonchev–Trinajstić information content (AvgIpc) is 3.23. The smallest absolute Gasteiger partial charge is 0.341 e. The van der Waals surface area contributed by atoms with Crippen LogP contribution in [0.15, 0.2) is 59.9 Å². The standard InChI is InChI=1S/C23H19N5O4/c1-32-23(31)18-13-27(12-17-20(18)25-26-21(17)29)16-7-6-14-5-3-9-28(19(14)10-16)22(30)15-4-2-8-24-11-15/h2,4,6-8,10-13H,3,5,9H2,1H3,(H,26,29). The lowest BCUT2D eigenvalue weighted by Crippen LogP contribution is -2.35. The van der Waals surface area contributed by atoms with Gasteiger partial charge in [-0.2, -0.15) is 5.10 Å². The van der Waals surface area contributed by atoms with Gasteiger partial charge in [0.25, 0.3) is 11.5 Å². The fourth-order valence-electron chi connectivity index (χ4n) is 4.02. The number of aromatic amines is 1. The average molecular weight is 429 g/mol. The van der Waals surface area contributed by atoms with E-state index < -0.39 is 11.5 Å². The minimum absolute atomic E-state index is 0.122. The molecule has 5 rings (SSSR count). The van der Waals surface area contributed by atoms with Gasteiger partial charge in [0.1, 0.15) is 11.3 Å². The Kier molecular flexibility index (Phi) is 4.78. The van der Waals surface area contributed by atoms with Gasteiger partial charge in [-0.15, -0.1) is 0 Å². The topological polar surface area (TPSA) is 110 Å². The van der Waals surface area contributed by atoms with Crippen LogP contribution in [0, 0.1) is 0 Å². The van der Waals surface area contributed by atoms with Crippen LogP contribution in [-0.4, -0.2) is 45.3 Å². The molecule has 1 N–H and O–H groups in total. The van der Waals surface area contributed by atoms with Crippen molar-refractivity contribution in [3.63, 3.8) is 0 Å². The van der Waals surface area contributed by atoms with Crippen LogP contribution in [0.4, 0.5) is 5.69 Å². The van der Waals surface area contributed by atoms with Crippen molar-refractivity contribution in [1.29, 1.82) is 0 Å². The Morgan fingerprint density at radius 2 is 2.06 bits per heavy atom. The number of nitrogens with one attached hydrogen (secondary N) is 1. The first-order valence-electron chi connectivity index (χ1n) is 10.1. The van der Waals surface area contributed by atoms with Crippen molar-refractivity contribution in [3.05, 3.63) is 82.2 Å². The Labute approximate surface area is 182 Å². The first-order valence-corrected chi connectivity index (χ1v) is 10.1. The van der Waals surface area contributed by atoms with Gasteiger partial charge in [0.2, 0.25) is 0 Å². The molecule has 3 aliphatic heterocycles. The van der Waals surface area contributed by atoms with E-state index in [1.54, 1.807) is 46.4 Å². The van der Waals surface area contributed by atoms with E-state index in [0.717, 1.165) is 24.1 Å². The van der Waals surface area contributed by atoms with Gasteiger partial charge in [-0.3, -0.25) is 14.6 Å².